The molecule has 0 aliphatic heterocycles. The van der Waals surface area contributed by atoms with Crippen LogP contribution >= 0.6 is 27.3 Å². The van der Waals surface area contributed by atoms with Crippen molar-refractivity contribution in [3.05, 3.63) is 51.0 Å². The van der Waals surface area contributed by atoms with Crippen molar-refractivity contribution in [3.63, 3.8) is 0 Å². The highest BCUT2D eigenvalue weighted by Gasteiger charge is 2.33. The Labute approximate surface area is 210 Å². The summed E-state index contributed by atoms with van der Waals surface area (Å²) in [6.45, 7) is 1.68. The molecule has 1 aromatic carbocycles. The minimum absolute atomic E-state index is 0.0351. The fraction of sp³-hybridized carbons (Fsp3) is 0.381. The van der Waals surface area contributed by atoms with Gasteiger partial charge in [0.2, 0.25) is 5.13 Å². The van der Waals surface area contributed by atoms with Crippen LogP contribution in [-0.4, -0.2) is 56.9 Å². The molecule has 186 valence electrons. The second kappa shape index (κ2) is 9.57. The van der Waals surface area contributed by atoms with Crippen LogP contribution in [0.2, 0.25) is 0 Å². The molecular formula is C21H20BrF3N6O3S. The van der Waals surface area contributed by atoms with Gasteiger partial charge in [0.15, 0.2) is 11.6 Å². The van der Waals surface area contributed by atoms with E-state index in [9.17, 15) is 22.8 Å². The van der Waals surface area contributed by atoms with Gasteiger partial charge in [0, 0.05) is 30.0 Å². The van der Waals surface area contributed by atoms with Gasteiger partial charge in [0.25, 0.3) is 11.8 Å². The van der Waals surface area contributed by atoms with E-state index in [-0.39, 0.29) is 21.9 Å². The molecule has 1 N–H and O–H groups in total. The summed E-state index contributed by atoms with van der Waals surface area (Å²) in [7, 11) is 3.27. The fourth-order valence-electron chi connectivity index (χ4n) is 3.19. The summed E-state index contributed by atoms with van der Waals surface area (Å²) in [6.07, 6.45) is -1.53. The predicted molar refractivity (Wildman–Crippen MR) is 124 cm³/mol. The lowest BCUT2D eigenvalue weighted by molar-refractivity contribution is -0.274. The second-order valence-corrected chi connectivity index (χ2v) is 10.1. The number of carbonyl (C=O) groups excluding carboxylic acids is 2. The molecule has 3 aromatic rings. The van der Waals surface area contributed by atoms with Gasteiger partial charge in [-0.25, -0.2) is 9.97 Å². The Kier molecular flexibility index (Phi) is 6.86. The molecule has 1 fully saturated rings. The standard InChI is InChI=1S/C21H20BrF3N6O3S/c1-10(27-18(32)12-6-13(22)8-14(7-12)34-21(23,24)25)17-28-16(11-4-5-11)29-31(17)20-26-9-15(35-20)19(33)30(2)3/h6-11H,4-5H2,1-3H3,(H,27,32)/t10-/m0/s1. The van der Waals surface area contributed by atoms with Crippen LogP contribution in [0.5, 0.6) is 5.75 Å². The molecular weight excluding hydrogens is 553 g/mol. The number of ether oxygens (including phenoxy) is 1. The minimum Gasteiger partial charge on any atom is -0.406 e. The molecule has 2 aromatic heterocycles. The van der Waals surface area contributed by atoms with Crippen molar-refractivity contribution in [2.45, 2.75) is 38.1 Å². The van der Waals surface area contributed by atoms with Crippen molar-refractivity contribution in [3.8, 4) is 10.9 Å². The van der Waals surface area contributed by atoms with E-state index in [4.69, 9.17) is 0 Å². The highest BCUT2D eigenvalue weighted by atomic mass is 79.9. The van der Waals surface area contributed by atoms with Crippen molar-refractivity contribution in [2.24, 2.45) is 0 Å². The van der Waals surface area contributed by atoms with Gasteiger partial charge < -0.3 is 15.0 Å². The monoisotopic (exact) mass is 572 g/mol. The van der Waals surface area contributed by atoms with E-state index in [0.29, 0.717) is 21.7 Å². The van der Waals surface area contributed by atoms with E-state index in [1.807, 2.05) is 0 Å². The molecule has 9 nitrogen and oxygen atoms in total. The van der Waals surface area contributed by atoms with Crippen LogP contribution in [0, 0.1) is 0 Å². The number of benzene rings is 1. The van der Waals surface area contributed by atoms with Crippen LogP contribution in [0.4, 0.5) is 13.2 Å². The van der Waals surface area contributed by atoms with Crippen molar-refractivity contribution in [1.29, 1.82) is 0 Å². The number of amides is 2. The van der Waals surface area contributed by atoms with Gasteiger partial charge in [-0.2, -0.15) is 4.68 Å². The average Bonchev–Trinajstić information content (AvgIpc) is 3.31. The zero-order chi connectivity index (χ0) is 25.5. The summed E-state index contributed by atoms with van der Waals surface area (Å²) in [5.74, 6) is -0.139. The van der Waals surface area contributed by atoms with Crippen molar-refractivity contribution in [1.82, 2.24) is 30.0 Å². The SMILES string of the molecule is C[C@H](NC(=O)c1cc(Br)cc(OC(F)(F)F)c1)c1nc(C2CC2)nn1-c1ncc(C(=O)N(C)C)s1. The number of hydrogen-bond acceptors (Lipinski definition) is 7. The number of nitrogens with one attached hydrogen (secondary N) is 1. The molecule has 2 amide bonds. The quantitative estimate of drug-likeness (QED) is 0.448. The number of alkyl halides is 3. The highest BCUT2D eigenvalue weighted by molar-refractivity contribution is 9.10. The molecule has 0 unspecified atom stereocenters. The third kappa shape index (κ3) is 5.99. The fourth-order valence-corrected chi connectivity index (χ4v) is 4.56. The Morgan fingerprint density at radius 3 is 2.63 bits per heavy atom. The molecule has 4 rings (SSSR count). The molecule has 35 heavy (non-hydrogen) atoms. The Bertz CT molecular complexity index is 1270. The van der Waals surface area contributed by atoms with E-state index in [1.165, 1.54) is 21.8 Å². The number of aromatic nitrogens is 4. The smallest absolute Gasteiger partial charge is 0.406 e. The maximum Gasteiger partial charge on any atom is 0.573 e. The Balaban J connectivity index is 1.60. The van der Waals surface area contributed by atoms with E-state index in [2.05, 4.69) is 41.1 Å². The van der Waals surface area contributed by atoms with Crippen LogP contribution < -0.4 is 10.1 Å². The Morgan fingerprint density at radius 2 is 2.00 bits per heavy atom. The first-order chi connectivity index (χ1) is 16.4. The number of thiazole rings is 1. The lowest BCUT2D eigenvalue weighted by atomic mass is 10.2. The molecule has 0 saturated heterocycles. The van der Waals surface area contributed by atoms with Gasteiger partial charge in [-0.3, -0.25) is 9.59 Å². The number of halogens is 4. The summed E-state index contributed by atoms with van der Waals surface area (Å²) in [6, 6.07) is 2.82. The van der Waals surface area contributed by atoms with Crippen LogP contribution in [0.1, 0.15) is 63.4 Å². The van der Waals surface area contributed by atoms with E-state index in [1.54, 1.807) is 21.0 Å². The Hall–Kier alpha value is -3.00. The summed E-state index contributed by atoms with van der Waals surface area (Å²) in [5, 5.41) is 7.71. The molecule has 1 aliphatic carbocycles. The first-order valence-electron chi connectivity index (χ1n) is 10.4. The normalized spacial score (nSPS) is 14.5. The first-order valence-corrected chi connectivity index (χ1v) is 12.0. The molecule has 1 aliphatic rings. The van der Waals surface area contributed by atoms with Crippen LogP contribution in [0.15, 0.2) is 28.9 Å². The van der Waals surface area contributed by atoms with Crippen molar-refractivity contribution in [2.75, 3.05) is 14.1 Å². The molecule has 1 saturated carbocycles. The van der Waals surface area contributed by atoms with Gasteiger partial charge in [-0.05, 0) is 38.0 Å². The third-order valence-corrected chi connectivity index (χ3v) is 6.40. The summed E-state index contributed by atoms with van der Waals surface area (Å²) < 4.78 is 43.6. The van der Waals surface area contributed by atoms with E-state index < -0.39 is 24.1 Å². The second-order valence-electron chi connectivity index (χ2n) is 8.14. The summed E-state index contributed by atoms with van der Waals surface area (Å²) in [5.41, 5.74) is -0.0351. The van der Waals surface area contributed by atoms with Gasteiger partial charge >= 0.3 is 6.36 Å². The van der Waals surface area contributed by atoms with Gasteiger partial charge in [0.05, 0.1) is 12.2 Å². The number of nitrogens with zero attached hydrogens (tertiary/aromatic N) is 5. The first kappa shape index (κ1) is 25.1. The van der Waals surface area contributed by atoms with Crippen molar-refractivity contribution >= 4 is 39.1 Å². The lowest BCUT2D eigenvalue weighted by Crippen LogP contribution is -2.29. The van der Waals surface area contributed by atoms with Gasteiger partial charge in [0.1, 0.15) is 10.6 Å². The number of rotatable bonds is 7. The maximum absolute atomic E-state index is 12.9. The van der Waals surface area contributed by atoms with Crippen LogP contribution in [0.25, 0.3) is 5.13 Å². The maximum atomic E-state index is 12.9. The minimum atomic E-state index is -4.89. The molecule has 0 radical (unpaired) electrons. The highest BCUT2D eigenvalue weighted by Crippen LogP contribution is 2.39. The zero-order valence-corrected chi connectivity index (χ0v) is 21.2. The van der Waals surface area contributed by atoms with Gasteiger partial charge in [-0.15, -0.1) is 18.3 Å². The lowest BCUT2D eigenvalue weighted by Gasteiger charge is -2.15. The average molecular weight is 573 g/mol. The van der Waals surface area contributed by atoms with Gasteiger partial charge in [-0.1, -0.05) is 27.3 Å². The third-order valence-electron chi connectivity index (χ3n) is 4.98. The van der Waals surface area contributed by atoms with Crippen LogP contribution in [0.3, 0.4) is 0 Å². The van der Waals surface area contributed by atoms with E-state index in [0.717, 1.165) is 36.3 Å². The topological polar surface area (TPSA) is 102 Å². The molecule has 0 spiro atoms. The Morgan fingerprint density at radius 1 is 1.29 bits per heavy atom. The summed E-state index contributed by atoms with van der Waals surface area (Å²) >= 11 is 4.24. The zero-order valence-electron chi connectivity index (χ0n) is 18.8. The number of carbonyl (C=O) groups is 2. The van der Waals surface area contributed by atoms with Crippen LogP contribution in [-0.2, 0) is 0 Å². The molecule has 1 atom stereocenters. The molecule has 14 heteroatoms. The number of hydrogen-bond donors (Lipinski definition) is 1. The largest absolute Gasteiger partial charge is 0.573 e. The predicted octanol–water partition coefficient (Wildman–Crippen LogP) is 4.46. The van der Waals surface area contributed by atoms with Crippen molar-refractivity contribution < 1.29 is 27.5 Å². The molecule has 0 bridgehead atoms. The summed E-state index contributed by atoms with van der Waals surface area (Å²) in [4.78, 5) is 35.9. The molecule has 2 heterocycles. The van der Waals surface area contributed by atoms with E-state index >= 15 is 0 Å².